The Balaban J connectivity index is 3.11. The van der Waals surface area contributed by atoms with Crippen molar-refractivity contribution in [2.45, 2.75) is 38.0 Å². The molecule has 1 unspecified atom stereocenters. The van der Waals surface area contributed by atoms with Gasteiger partial charge in [0.25, 0.3) is 0 Å². The summed E-state index contributed by atoms with van der Waals surface area (Å²) in [6.45, 7) is 9.52. The second-order valence-electron chi connectivity index (χ2n) is 5.43. The molecule has 1 aromatic carbocycles. The van der Waals surface area contributed by atoms with Gasteiger partial charge in [0.1, 0.15) is 10.5 Å². The fourth-order valence-corrected chi connectivity index (χ4v) is 2.85. The molecular weight excluding hydrogens is 294 g/mol. The van der Waals surface area contributed by atoms with Gasteiger partial charge in [0.05, 0.1) is 13.2 Å². The second kappa shape index (κ2) is 7.36. The Bertz CT molecular complexity index is 460. The first kappa shape index (κ1) is 17.4. The average molecular weight is 316 g/mol. The molecule has 0 aliphatic carbocycles. The van der Waals surface area contributed by atoms with E-state index in [9.17, 15) is 4.55 Å². The number of ether oxygens (including phenoxy) is 1. The monoisotopic (exact) mass is 315 g/mol. The van der Waals surface area contributed by atoms with E-state index in [-0.39, 0.29) is 10.8 Å². The maximum absolute atomic E-state index is 12.3. The third-order valence-electron chi connectivity index (χ3n) is 2.79. The number of rotatable bonds is 6. The number of benzene rings is 1. The Morgan fingerprint density at radius 2 is 2.15 bits per heavy atom. The van der Waals surface area contributed by atoms with E-state index in [4.69, 9.17) is 16.3 Å². The van der Waals surface area contributed by atoms with Crippen molar-refractivity contribution in [3.8, 4) is 5.75 Å². The summed E-state index contributed by atoms with van der Waals surface area (Å²) in [5.74, 6) is 0.683. The Morgan fingerprint density at radius 1 is 1.50 bits per heavy atom. The highest BCUT2D eigenvalue weighted by molar-refractivity contribution is 7.90. The lowest BCUT2D eigenvalue weighted by Crippen LogP contribution is -2.41. The van der Waals surface area contributed by atoms with Crippen molar-refractivity contribution in [2.24, 2.45) is 0 Å². The molecule has 0 aromatic heterocycles. The van der Waals surface area contributed by atoms with E-state index < -0.39 is 11.4 Å². The van der Waals surface area contributed by atoms with Gasteiger partial charge in [-0.05, 0) is 39.3 Å². The van der Waals surface area contributed by atoms with E-state index in [1.54, 1.807) is 19.3 Å². The molecule has 1 rings (SSSR count). The molecule has 1 aromatic rings. The molecule has 0 radical (unpaired) electrons. The van der Waals surface area contributed by atoms with Crippen molar-refractivity contribution < 1.29 is 9.29 Å². The lowest BCUT2D eigenvalue weighted by molar-refractivity contribution is 0.403. The van der Waals surface area contributed by atoms with Crippen LogP contribution in [0.1, 0.15) is 38.8 Å². The zero-order valence-corrected chi connectivity index (χ0v) is 14.0. The highest BCUT2D eigenvalue weighted by atomic mass is 35.5. The van der Waals surface area contributed by atoms with Crippen LogP contribution < -0.4 is 9.46 Å². The lowest BCUT2D eigenvalue weighted by atomic mass is 10.0. The predicted molar refractivity (Wildman–Crippen MR) is 86.6 cm³/mol. The Kier molecular flexibility index (Phi) is 6.40. The van der Waals surface area contributed by atoms with Crippen molar-refractivity contribution >= 4 is 23.0 Å². The third kappa shape index (κ3) is 4.42. The van der Waals surface area contributed by atoms with Crippen LogP contribution in [0.2, 0.25) is 5.02 Å². The molecule has 0 heterocycles. The molecule has 3 nitrogen and oxygen atoms in total. The Hall–Kier alpha value is -0.680. The molecule has 0 saturated heterocycles. The standard InChI is InChI=1S/C15H22ClNO2S/c1-6-8-12(17-20(18)15(2,3)4)14-11(16)9-7-10-13(14)19-5/h6-7,9-10,12,17H,1,8H2,2-5H3/t12-,20?/m1/s1. The van der Waals surface area contributed by atoms with Crippen LogP contribution in [0.3, 0.4) is 0 Å². The molecule has 2 atom stereocenters. The summed E-state index contributed by atoms with van der Waals surface area (Å²) >= 11 is 5.08. The zero-order valence-electron chi connectivity index (χ0n) is 12.4. The van der Waals surface area contributed by atoms with Crippen molar-refractivity contribution in [1.82, 2.24) is 4.72 Å². The van der Waals surface area contributed by atoms with Crippen molar-refractivity contribution in [3.05, 3.63) is 41.4 Å². The Morgan fingerprint density at radius 3 is 2.65 bits per heavy atom. The maximum atomic E-state index is 12.3. The van der Waals surface area contributed by atoms with Gasteiger partial charge in [-0.1, -0.05) is 23.7 Å². The number of methoxy groups -OCH3 is 1. The van der Waals surface area contributed by atoms with E-state index in [2.05, 4.69) is 11.3 Å². The fourth-order valence-electron chi connectivity index (χ4n) is 1.73. The van der Waals surface area contributed by atoms with Gasteiger partial charge in [0.15, 0.2) is 0 Å². The van der Waals surface area contributed by atoms with Gasteiger partial charge in [-0.3, -0.25) is 0 Å². The summed E-state index contributed by atoms with van der Waals surface area (Å²) in [5.41, 5.74) is 0.814. The predicted octanol–water partition coefficient (Wildman–Crippen LogP) is 4.02. The van der Waals surface area contributed by atoms with Crippen LogP contribution in [0.4, 0.5) is 0 Å². The summed E-state index contributed by atoms with van der Waals surface area (Å²) in [6.07, 6.45) is 2.39. The summed E-state index contributed by atoms with van der Waals surface area (Å²) in [4.78, 5) is 0. The summed E-state index contributed by atoms with van der Waals surface area (Å²) < 4.78 is 20.5. The van der Waals surface area contributed by atoms with Crippen molar-refractivity contribution in [3.63, 3.8) is 0 Å². The quantitative estimate of drug-likeness (QED) is 0.637. The van der Waals surface area contributed by atoms with E-state index in [1.807, 2.05) is 32.9 Å². The second-order valence-corrected chi connectivity index (χ2v) is 7.84. The molecule has 0 fully saturated rings. The van der Waals surface area contributed by atoms with Crippen LogP contribution >= 0.6 is 11.6 Å². The van der Waals surface area contributed by atoms with Gasteiger partial charge in [-0.2, -0.15) is 0 Å². The van der Waals surface area contributed by atoms with Gasteiger partial charge in [0.2, 0.25) is 0 Å². The molecular formula is C15H22ClNO2S. The highest BCUT2D eigenvalue weighted by Crippen LogP contribution is 2.35. The molecule has 0 bridgehead atoms. The third-order valence-corrected chi connectivity index (χ3v) is 4.73. The maximum Gasteiger partial charge on any atom is 0.136 e. The van der Waals surface area contributed by atoms with Crippen molar-refractivity contribution in [1.29, 1.82) is 0 Å². The molecule has 20 heavy (non-hydrogen) atoms. The van der Waals surface area contributed by atoms with Crippen LogP contribution in [-0.4, -0.2) is 16.4 Å². The van der Waals surface area contributed by atoms with Gasteiger partial charge in [-0.25, -0.2) is 0 Å². The summed E-state index contributed by atoms with van der Waals surface area (Å²) in [7, 11) is 1.60. The number of nitrogens with one attached hydrogen (secondary N) is 1. The minimum atomic E-state index is -1.20. The van der Waals surface area contributed by atoms with Gasteiger partial charge < -0.3 is 9.29 Å². The normalized spacial score (nSPS) is 14.7. The number of halogens is 1. The largest absolute Gasteiger partial charge is 0.598 e. The SMILES string of the molecule is C=CC[C@@H](N[S+]([O-])C(C)(C)C)c1c(Cl)cccc1OC. The first-order valence-electron chi connectivity index (χ1n) is 6.42. The van der Waals surface area contributed by atoms with E-state index in [0.29, 0.717) is 17.2 Å². The van der Waals surface area contributed by atoms with E-state index in [1.165, 1.54) is 0 Å². The van der Waals surface area contributed by atoms with E-state index in [0.717, 1.165) is 5.56 Å². The van der Waals surface area contributed by atoms with Crippen LogP contribution in [0, 0.1) is 0 Å². The van der Waals surface area contributed by atoms with Crippen LogP contribution in [-0.2, 0) is 11.4 Å². The molecule has 1 N–H and O–H groups in total. The minimum Gasteiger partial charge on any atom is -0.598 e. The molecule has 0 amide bonds. The van der Waals surface area contributed by atoms with Crippen LogP contribution in [0.15, 0.2) is 30.9 Å². The summed E-state index contributed by atoms with van der Waals surface area (Å²) in [5, 5.41) is 0.592. The van der Waals surface area contributed by atoms with Gasteiger partial charge in [0, 0.05) is 21.9 Å². The smallest absolute Gasteiger partial charge is 0.136 e. The zero-order chi connectivity index (χ0) is 15.3. The van der Waals surface area contributed by atoms with Crippen LogP contribution in [0.25, 0.3) is 0 Å². The molecule has 112 valence electrons. The fraction of sp³-hybridized carbons (Fsp3) is 0.467. The van der Waals surface area contributed by atoms with E-state index >= 15 is 0 Å². The highest BCUT2D eigenvalue weighted by Gasteiger charge is 2.31. The number of hydrogen-bond donors (Lipinski definition) is 1. The molecule has 5 heteroatoms. The Labute approximate surface area is 129 Å². The molecule has 0 aliphatic heterocycles. The van der Waals surface area contributed by atoms with Gasteiger partial charge >= 0.3 is 0 Å². The molecule has 0 saturated carbocycles. The topological polar surface area (TPSA) is 44.3 Å². The van der Waals surface area contributed by atoms with Gasteiger partial charge in [-0.15, -0.1) is 11.3 Å². The average Bonchev–Trinajstić information content (AvgIpc) is 2.36. The first-order valence-corrected chi connectivity index (χ1v) is 7.95. The van der Waals surface area contributed by atoms with Crippen LogP contribution in [0.5, 0.6) is 5.75 Å². The lowest BCUT2D eigenvalue weighted by Gasteiger charge is -2.28. The number of hydrogen-bond acceptors (Lipinski definition) is 3. The first-order chi connectivity index (χ1) is 9.31. The van der Waals surface area contributed by atoms with Crippen molar-refractivity contribution in [2.75, 3.05) is 7.11 Å². The summed E-state index contributed by atoms with van der Waals surface area (Å²) in [6, 6.07) is 5.28. The molecule has 0 spiro atoms. The minimum absolute atomic E-state index is 0.198. The molecule has 0 aliphatic rings.